The van der Waals surface area contributed by atoms with Crippen molar-refractivity contribution in [2.24, 2.45) is 5.10 Å². The van der Waals surface area contributed by atoms with Crippen LogP contribution in [-0.4, -0.2) is 52.6 Å². The third-order valence-electron chi connectivity index (χ3n) is 4.36. The van der Waals surface area contributed by atoms with E-state index in [1.165, 1.54) is 12.3 Å². The Balaban J connectivity index is 1.59. The molecule has 0 aliphatic carbocycles. The molecule has 1 aromatic heterocycles. The number of nitrogens with one attached hydrogen (secondary N) is 2. The van der Waals surface area contributed by atoms with Crippen LogP contribution in [0.1, 0.15) is 5.56 Å². The lowest BCUT2D eigenvalue weighted by Gasteiger charge is -2.27. The quantitative estimate of drug-likeness (QED) is 0.341. The van der Waals surface area contributed by atoms with Gasteiger partial charge in [0.1, 0.15) is 5.75 Å². The lowest BCUT2D eigenvalue weighted by Crippen LogP contribution is -2.37. The van der Waals surface area contributed by atoms with E-state index in [-0.39, 0.29) is 11.7 Å². The van der Waals surface area contributed by atoms with Gasteiger partial charge in [-0.2, -0.15) is 20.1 Å². The molecule has 0 spiro atoms. The normalized spacial score (nSPS) is 14.1. The van der Waals surface area contributed by atoms with Gasteiger partial charge in [0.25, 0.3) is 0 Å². The molecular weight excluding hydrogens is 486 g/mol. The van der Waals surface area contributed by atoms with Gasteiger partial charge in [-0.25, -0.2) is 5.43 Å². The van der Waals surface area contributed by atoms with Crippen molar-refractivity contribution >= 4 is 57.3 Å². The van der Waals surface area contributed by atoms with Crippen molar-refractivity contribution in [3.05, 3.63) is 57.5 Å². The van der Waals surface area contributed by atoms with E-state index in [1.807, 2.05) is 29.2 Å². The molecule has 9 nitrogen and oxygen atoms in total. The van der Waals surface area contributed by atoms with E-state index in [9.17, 15) is 5.11 Å². The third-order valence-corrected chi connectivity index (χ3v) is 5.08. The maximum atomic E-state index is 9.93. The zero-order valence-electron chi connectivity index (χ0n) is 16.3. The zero-order chi connectivity index (χ0) is 21.6. The number of phenols is 1. The molecule has 2 aromatic carbocycles. The number of halogens is 2. The van der Waals surface area contributed by atoms with E-state index in [4.69, 9.17) is 16.3 Å². The summed E-state index contributed by atoms with van der Waals surface area (Å²) in [6.45, 7) is 2.57. The van der Waals surface area contributed by atoms with Gasteiger partial charge in [-0.15, -0.1) is 0 Å². The molecule has 0 atom stereocenters. The minimum Gasteiger partial charge on any atom is -0.507 e. The highest BCUT2D eigenvalue weighted by atomic mass is 79.9. The molecule has 3 N–H and O–H groups in total. The second-order valence-corrected chi connectivity index (χ2v) is 7.94. The fraction of sp³-hybridized carbons (Fsp3) is 0.200. The molecule has 1 aliphatic rings. The first kappa shape index (κ1) is 21.3. The summed E-state index contributed by atoms with van der Waals surface area (Å²) in [4.78, 5) is 15.4. The highest BCUT2D eigenvalue weighted by Gasteiger charge is 2.16. The van der Waals surface area contributed by atoms with Gasteiger partial charge in [-0.3, -0.25) is 0 Å². The molecular formula is C20H19BrClN7O2. The van der Waals surface area contributed by atoms with E-state index in [2.05, 4.69) is 46.7 Å². The van der Waals surface area contributed by atoms with Crippen LogP contribution in [0.2, 0.25) is 5.02 Å². The van der Waals surface area contributed by atoms with Crippen LogP contribution >= 0.6 is 27.5 Å². The van der Waals surface area contributed by atoms with Crippen LogP contribution in [0.5, 0.6) is 5.75 Å². The number of rotatable bonds is 6. The predicted octanol–water partition coefficient (Wildman–Crippen LogP) is 4.02. The van der Waals surface area contributed by atoms with Crippen LogP contribution in [-0.2, 0) is 4.74 Å². The van der Waals surface area contributed by atoms with Crippen LogP contribution in [0.4, 0.5) is 23.5 Å². The first-order chi connectivity index (χ1) is 15.1. The van der Waals surface area contributed by atoms with Gasteiger partial charge in [0.2, 0.25) is 17.8 Å². The Morgan fingerprint density at radius 1 is 1.10 bits per heavy atom. The summed E-state index contributed by atoms with van der Waals surface area (Å²) in [5.74, 6) is 1.21. The Labute approximate surface area is 192 Å². The van der Waals surface area contributed by atoms with Crippen LogP contribution in [0.15, 0.2) is 52.0 Å². The van der Waals surface area contributed by atoms with Gasteiger partial charge in [0.15, 0.2) is 0 Å². The molecule has 1 saturated heterocycles. The van der Waals surface area contributed by atoms with E-state index in [0.717, 1.165) is 10.2 Å². The van der Waals surface area contributed by atoms with Gasteiger partial charge in [-0.05, 0) is 36.4 Å². The molecule has 11 heteroatoms. The second-order valence-electron chi connectivity index (χ2n) is 6.59. The SMILES string of the molecule is Oc1ccc(Cl)cc1/C=N\Nc1nc(Nc2cccc(Br)c2)nc(N2CCOCC2)n1. The monoisotopic (exact) mass is 503 g/mol. The Morgan fingerprint density at radius 2 is 1.90 bits per heavy atom. The van der Waals surface area contributed by atoms with Crippen molar-refractivity contribution in [2.45, 2.75) is 0 Å². The lowest BCUT2D eigenvalue weighted by molar-refractivity contribution is 0.122. The first-order valence-corrected chi connectivity index (χ1v) is 10.6. The van der Waals surface area contributed by atoms with Gasteiger partial charge < -0.3 is 20.1 Å². The number of hydrogen-bond donors (Lipinski definition) is 3. The minimum atomic E-state index is 0.0663. The first-order valence-electron chi connectivity index (χ1n) is 9.46. The molecule has 31 heavy (non-hydrogen) atoms. The summed E-state index contributed by atoms with van der Waals surface area (Å²) < 4.78 is 6.35. The van der Waals surface area contributed by atoms with E-state index in [1.54, 1.807) is 12.1 Å². The summed E-state index contributed by atoms with van der Waals surface area (Å²) in [7, 11) is 0. The van der Waals surface area contributed by atoms with Crippen molar-refractivity contribution in [3.8, 4) is 5.75 Å². The van der Waals surface area contributed by atoms with Crippen LogP contribution in [0, 0.1) is 0 Å². The van der Waals surface area contributed by atoms with Crippen molar-refractivity contribution in [1.82, 2.24) is 15.0 Å². The maximum Gasteiger partial charge on any atom is 0.250 e. The number of hydrogen-bond acceptors (Lipinski definition) is 9. The number of morpholine rings is 1. The van der Waals surface area contributed by atoms with Crippen LogP contribution in [0.3, 0.4) is 0 Å². The molecule has 4 rings (SSSR count). The smallest absolute Gasteiger partial charge is 0.250 e. The number of ether oxygens (including phenoxy) is 1. The topological polar surface area (TPSA) is 108 Å². The highest BCUT2D eigenvalue weighted by molar-refractivity contribution is 9.10. The van der Waals surface area contributed by atoms with E-state index < -0.39 is 0 Å². The predicted molar refractivity (Wildman–Crippen MR) is 125 cm³/mol. The molecule has 0 radical (unpaired) electrons. The molecule has 0 bridgehead atoms. The average Bonchev–Trinajstić information content (AvgIpc) is 2.77. The highest BCUT2D eigenvalue weighted by Crippen LogP contribution is 2.22. The fourth-order valence-electron chi connectivity index (χ4n) is 2.86. The lowest BCUT2D eigenvalue weighted by atomic mass is 10.2. The number of nitrogens with zero attached hydrogens (tertiary/aromatic N) is 5. The van der Waals surface area contributed by atoms with Crippen LogP contribution in [0.25, 0.3) is 0 Å². The molecule has 160 valence electrons. The molecule has 3 aromatic rings. The van der Waals surface area contributed by atoms with Crippen molar-refractivity contribution in [2.75, 3.05) is 41.9 Å². The van der Waals surface area contributed by atoms with Gasteiger partial charge in [-0.1, -0.05) is 33.6 Å². The Kier molecular flexibility index (Phi) is 6.80. The van der Waals surface area contributed by atoms with Crippen molar-refractivity contribution in [3.63, 3.8) is 0 Å². The number of anilines is 4. The summed E-state index contributed by atoms with van der Waals surface area (Å²) >= 11 is 9.43. The fourth-order valence-corrected chi connectivity index (χ4v) is 3.44. The number of aromatic nitrogens is 3. The van der Waals surface area contributed by atoms with E-state index >= 15 is 0 Å². The Hall–Kier alpha value is -2.95. The van der Waals surface area contributed by atoms with Crippen molar-refractivity contribution < 1.29 is 9.84 Å². The van der Waals surface area contributed by atoms with Gasteiger partial charge in [0, 0.05) is 33.8 Å². The molecule has 0 unspecified atom stereocenters. The summed E-state index contributed by atoms with van der Waals surface area (Å²) in [6.07, 6.45) is 1.45. The van der Waals surface area contributed by atoms with Gasteiger partial charge >= 0.3 is 0 Å². The molecule has 1 fully saturated rings. The van der Waals surface area contributed by atoms with Gasteiger partial charge in [0.05, 0.1) is 19.4 Å². The standard InChI is InChI=1S/C20H19BrClN7O2/c21-14-2-1-3-16(11-14)24-18-25-19(27-20(26-18)29-6-8-31-9-7-29)28-23-12-13-10-15(22)4-5-17(13)30/h1-5,10-12,30H,6-9H2,(H2,24,25,26,27,28)/b23-12-. The Morgan fingerprint density at radius 3 is 2.71 bits per heavy atom. The minimum absolute atomic E-state index is 0.0663. The number of phenolic OH excluding ortho intramolecular Hbond substituents is 1. The number of benzene rings is 2. The summed E-state index contributed by atoms with van der Waals surface area (Å²) in [5.41, 5.74) is 4.10. The summed E-state index contributed by atoms with van der Waals surface area (Å²) in [5, 5.41) is 17.7. The van der Waals surface area contributed by atoms with E-state index in [0.29, 0.717) is 48.8 Å². The zero-order valence-corrected chi connectivity index (χ0v) is 18.6. The largest absolute Gasteiger partial charge is 0.507 e. The third kappa shape index (κ3) is 5.81. The summed E-state index contributed by atoms with van der Waals surface area (Å²) in [6, 6.07) is 12.4. The molecule has 0 amide bonds. The average molecular weight is 505 g/mol. The Bertz CT molecular complexity index is 1090. The molecule has 1 aliphatic heterocycles. The number of hydrazone groups is 1. The molecule has 0 saturated carbocycles. The van der Waals surface area contributed by atoms with Crippen LogP contribution < -0.4 is 15.6 Å². The number of aromatic hydroxyl groups is 1. The molecule has 2 heterocycles. The second kappa shape index (κ2) is 9.90. The van der Waals surface area contributed by atoms with Crippen molar-refractivity contribution in [1.29, 1.82) is 0 Å². The maximum absolute atomic E-state index is 9.93.